The van der Waals surface area contributed by atoms with Crippen LogP contribution >= 0.6 is 0 Å². The van der Waals surface area contributed by atoms with Crippen molar-refractivity contribution in [3.8, 4) is 0 Å². The maximum atomic E-state index is 13.0. The molecule has 0 heterocycles. The van der Waals surface area contributed by atoms with E-state index in [2.05, 4.69) is 20.4 Å². The molecular formula is C22H34O2. The summed E-state index contributed by atoms with van der Waals surface area (Å²) in [5.41, 5.74) is 1.11. The minimum atomic E-state index is -0.620. The van der Waals surface area contributed by atoms with Gasteiger partial charge in [-0.15, -0.1) is 0 Å². The molecule has 4 rings (SSSR count). The van der Waals surface area contributed by atoms with E-state index >= 15 is 0 Å². The number of fused-ring (bicyclic) bond motifs is 5. The zero-order valence-corrected chi connectivity index (χ0v) is 15.7. The van der Waals surface area contributed by atoms with E-state index in [1.54, 1.807) is 0 Å². The molecule has 4 aliphatic carbocycles. The van der Waals surface area contributed by atoms with Gasteiger partial charge < -0.3 is 5.11 Å². The number of hydrogen-bond acceptors (Lipinski definition) is 2. The highest BCUT2D eigenvalue weighted by molar-refractivity contribution is 5.83. The second kappa shape index (κ2) is 5.43. The Morgan fingerprint density at radius 3 is 2.50 bits per heavy atom. The molecule has 2 nitrogen and oxygen atoms in total. The average Bonchev–Trinajstić information content (AvgIpc) is 2.85. The second-order valence-electron chi connectivity index (χ2n) is 10.1. The molecule has 0 aliphatic heterocycles. The highest BCUT2D eigenvalue weighted by atomic mass is 16.3. The number of ketones is 1. The van der Waals surface area contributed by atoms with Crippen molar-refractivity contribution in [2.24, 2.45) is 40.9 Å². The molecule has 24 heavy (non-hydrogen) atoms. The molecule has 1 N–H and O–H groups in total. The van der Waals surface area contributed by atoms with Gasteiger partial charge in [-0.05, 0) is 93.8 Å². The van der Waals surface area contributed by atoms with Crippen molar-refractivity contribution in [3.05, 3.63) is 12.2 Å². The maximum Gasteiger partial charge on any atom is 0.136 e. The number of hydrogen-bond donors (Lipinski definition) is 1. The monoisotopic (exact) mass is 330 g/mol. The summed E-state index contributed by atoms with van der Waals surface area (Å²) >= 11 is 0. The molecule has 8 atom stereocenters. The van der Waals surface area contributed by atoms with Crippen LogP contribution in [0, 0.1) is 40.9 Å². The topological polar surface area (TPSA) is 37.3 Å². The summed E-state index contributed by atoms with van der Waals surface area (Å²) in [4.78, 5) is 13.0. The zero-order valence-electron chi connectivity index (χ0n) is 15.7. The molecular weight excluding hydrogens is 296 g/mol. The standard InChI is InChI=1S/C22H34O2/c1-13(2)18-5-6-19-16-11-20(23)17-12-21(3,24)9-7-15(17)14(16)8-10-22(18,19)4/h14-19,24H,1,5-12H2,2-4H3/t14-,15-,16-,17+,18-,19+,21-,22-/m1/s1. The Morgan fingerprint density at radius 1 is 1.08 bits per heavy atom. The fourth-order valence-electron chi connectivity index (χ4n) is 7.61. The SMILES string of the molecule is C=C(C)[C@H]1CC[C@H]2[C@@H]3CC(=O)[C@H]4C[C@](C)(O)CC[C@@H]4[C@H]3CC[C@]12C. The van der Waals surface area contributed by atoms with Crippen LogP contribution in [0.4, 0.5) is 0 Å². The first-order valence-electron chi connectivity index (χ1n) is 10.1. The molecule has 0 saturated heterocycles. The van der Waals surface area contributed by atoms with Gasteiger partial charge in [0, 0.05) is 12.3 Å². The zero-order chi connectivity index (χ0) is 17.3. The van der Waals surface area contributed by atoms with Gasteiger partial charge in [0.1, 0.15) is 5.78 Å². The number of aliphatic hydroxyl groups is 1. The lowest BCUT2D eigenvalue weighted by atomic mass is 9.48. The molecule has 0 aromatic rings. The number of allylic oxidation sites excluding steroid dienone is 1. The van der Waals surface area contributed by atoms with E-state index in [1.165, 1.54) is 31.3 Å². The fourth-order valence-corrected chi connectivity index (χ4v) is 7.61. The summed E-state index contributed by atoms with van der Waals surface area (Å²) in [5.74, 6) is 3.84. The highest BCUT2D eigenvalue weighted by Gasteiger charge is 2.59. The van der Waals surface area contributed by atoms with Crippen LogP contribution in [0.3, 0.4) is 0 Å². The third-order valence-electron chi connectivity index (χ3n) is 8.68. The van der Waals surface area contributed by atoms with Crippen molar-refractivity contribution < 1.29 is 9.90 Å². The highest BCUT2D eigenvalue weighted by Crippen LogP contribution is 2.65. The van der Waals surface area contributed by atoms with Crippen LogP contribution < -0.4 is 0 Å². The number of rotatable bonds is 1. The van der Waals surface area contributed by atoms with E-state index in [-0.39, 0.29) is 5.92 Å². The van der Waals surface area contributed by atoms with Crippen molar-refractivity contribution in [3.63, 3.8) is 0 Å². The van der Waals surface area contributed by atoms with Crippen LogP contribution in [-0.2, 0) is 4.79 Å². The quantitative estimate of drug-likeness (QED) is 0.704. The maximum absolute atomic E-state index is 13.0. The first-order valence-corrected chi connectivity index (χ1v) is 10.1. The minimum absolute atomic E-state index is 0.137. The number of Topliss-reactive ketones (excluding diaryl/α,β-unsaturated/α-hetero) is 1. The van der Waals surface area contributed by atoms with Gasteiger partial charge in [-0.3, -0.25) is 4.79 Å². The van der Waals surface area contributed by atoms with Crippen LogP contribution in [0.1, 0.15) is 72.1 Å². The molecule has 0 aromatic carbocycles. The predicted molar refractivity (Wildman–Crippen MR) is 96.4 cm³/mol. The number of carbonyl (C=O) groups excluding carboxylic acids is 1. The summed E-state index contributed by atoms with van der Waals surface area (Å²) < 4.78 is 0. The Kier molecular flexibility index (Phi) is 3.81. The molecule has 4 saturated carbocycles. The lowest BCUT2D eigenvalue weighted by molar-refractivity contribution is -0.148. The van der Waals surface area contributed by atoms with Crippen molar-refractivity contribution in [1.82, 2.24) is 0 Å². The van der Waals surface area contributed by atoms with E-state index in [0.29, 0.717) is 41.3 Å². The summed E-state index contributed by atoms with van der Waals surface area (Å²) in [6.07, 6.45) is 8.58. The van der Waals surface area contributed by atoms with Gasteiger partial charge in [-0.2, -0.15) is 0 Å². The van der Waals surface area contributed by atoms with Crippen molar-refractivity contribution in [1.29, 1.82) is 0 Å². The Morgan fingerprint density at radius 2 is 1.79 bits per heavy atom. The Balaban J connectivity index is 1.61. The van der Waals surface area contributed by atoms with Gasteiger partial charge in [0.05, 0.1) is 5.60 Å². The van der Waals surface area contributed by atoms with Crippen LogP contribution in [0.15, 0.2) is 12.2 Å². The molecule has 4 fully saturated rings. The summed E-state index contributed by atoms with van der Waals surface area (Å²) in [6.45, 7) is 10.9. The Labute approximate surface area is 147 Å². The molecule has 134 valence electrons. The molecule has 4 aliphatic rings. The van der Waals surface area contributed by atoms with Crippen LogP contribution in [0.5, 0.6) is 0 Å². The normalized spacial score (nSPS) is 53.9. The molecule has 0 unspecified atom stereocenters. The molecule has 2 heteroatoms. The molecule has 0 aromatic heterocycles. The van der Waals surface area contributed by atoms with E-state index in [4.69, 9.17) is 0 Å². The van der Waals surface area contributed by atoms with Crippen molar-refractivity contribution in [2.45, 2.75) is 77.7 Å². The van der Waals surface area contributed by atoms with Crippen molar-refractivity contribution in [2.75, 3.05) is 0 Å². The van der Waals surface area contributed by atoms with Gasteiger partial charge in [0.2, 0.25) is 0 Å². The summed E-state index contributed by atoms with van der Waals surface area (Å²) in [5, 5.41) is 10.5. The van der Waals surface area contributed by atoms with Crippen LogP contribution in [-0.4, -0.2) is 16.5 Å². The average molecular weight is 331 g/mol. The third-order valence-corrected chi connectivity index (χ3v) is 8.68. The number of carbonyl (C=O) groups is 1. The molecule has 0 bridgehead atoms. The molecule has 0 spiro atoms. The minimum Gasteiger partial charge on any atom is -0.390 e. The predicted octanol–water partition coefficient (Wildman–Crippen LogP) is 4.76. The second-order valence-corrected chi connectivity index (χ2v) is 10.1. The Hall–Kier alpha value is -0.630. The third kappa shape index (κ3) is 2.35. The lowest BCUT2D eigenvalue weighted by Gasteiger charge is -2.56. The van der Waals surface area contributed by atoms with E-state index in [1.807, 2.05) is 6.92 Å². The van der Waals surface area contributed by atoms with E-state index in [9.17, 15) is 9.90 Å². The van der Waals surface area contributed by atoms with Gasteiger partial charge in [-0.1, -0.05) is 19.1 Å². The smallest absolute Gasteiger partial charge is 0.136 e. The van der Waals surface area contributed by atoms with Crippen LogP contribution in [0.25, 0.3) is 0 Å². The largest absolute Gasteiger partial charge is 0.390 e. The van der Waals surface area contributed by atoms with Gasteiger partial charge in [-0.25, -0.2) is 0 Å². The van der Waals surface area contributed by atoms with Crippen LogP contribution in [0.2, 0.25) is 0 Å². The van der Waals surface area contributed by atoms with E-state index in [0.717, 1.165) is 25.2 Å². The van der Waals surface area contributed by atoms with Crippen molar-refractivity contribution >= 4 is 5.78 Å². The van der Waals surface area contributed by atoms with Gasteiger partial charge in [0.25, 0.3) is 0 Å². The van der Waals surface area contributed by atoms with E-state index < -0.39 is 5.60 Å². The van der Waals surface area contributed by atoms with Gasteiger partial charge >= 0.3 is 0 Å². The first kappa shape index (κ1) is 16.8. The molecule has 0 amide bonds. The lowest BCUT2D eigenvalue weighted by Crippen LogP contribution is -2.53. The first-order chi connectivity index (χ1) is 11.2. The Bertz CT molecular complexity index is 562. The molecule has 0 radical (unpaired) electrons. The van der Waals surface area contributed by atoms with Gasteiger partial charge in [0.15, 0.2) is 0 Å². The summed E-state index contributed by atoms with van der Waals surface area (Å²) in [6, 6.07) is 0. The summed E-state index contributed by atoms with van der Waals surface area (Å²) in [7, 11) is 0. The fraction of sp³-hybridized carbons (Fsp3) is 0.864.